The number of carboxylic acid groups (broad SMARTS) is 1. The number of aryl methyl sites for hydroxylation is 1. The molecule has 0 aliphatic rings. The highest BCUT2D eigenvalue weighted by Crippen LogP contribution is 2.26. The van der Waals surface area contributed by atoms with Gasteiger partial charge in [0, 0.05) is 16.8 Å². The molecule has 0 spiro atoms. The van der Waals surface area contributed by atoms with Crippen molar-refractivity contribution in [1.82, 2.24) is 14.9 Å². The lowest BCUT2D eigenvalue weighted by molar-refractivity contribution is 0.0693. The highest BCUT2D eigenvalue weighted by Gasteiger charge is 2.29. The van der Waals surface area contributed by atoms with Crippen molar-refractivity contribution in [2.24, 2.45) is 0 Å². The summed E-state index contributed by atoms with van der Waals surface area (Å²) >= 11 is 0.891. The van der Waals surface area contributed by atoms with Crippen LogP contribution in [-0.2, 0) is 14.8 Å². The second-order valence-electron chi connectivity index (χ2n) is 4.46. The summed E-state index contributed by atoms with van der Waals surface area (Å²) in [6.07, 6.45) is 0. The number of urea groups is 2. The van der Waals surface area contributed by atoms with Gasteiger partial charge < -0.3 is 9.84 Å². The van der Waals surface area contributed by atoms with E-state index in [-0.39, 0.29) is 11.4 Å². The maximum absolute atomic E-state index is 12.2. The molecule has 11 nitrogen and oxygen atoms in total. The molecule has 0 saturated carbocycles. The maximum atomic E-state index is 12.2. The molecule has 1 heterocycles. The first kappa shape index (κ1) is 20.4. The molecule has 4 N–H and O–H groups in total. The van der Waals surface area contributed by atoms with E-state index in [1.54, 1.807) is 10.0 Å². The van der Waals surface area contributed by atoms with Gasteiger partial charge in [0.25, 0.3) is 16.0 Å². The Balaban J connectivity index is 2.97. The molecule has 0 aliphatic heterocycles. The van der Waals surface area contributed by atoms with Crippen LogP contribution in [0.5, 0.6) is 0 Å². The van der Waals surface area contributed by atoms with Crippen LogP contribution < -0.4 is 10.0 Å². The van der Waals surface area contributed by atoms with Gasteiger partial charge in [0.05, 0.1) is 12.7 Å². The summed E-state index contributed by atoms with van der Waals surface area (Å²) in [5, 5.41) is 19.3. The normalized spacial score (nSPS) is 10.7. The minimum absolute atomic E-state index is 0.00859. The van der Waals surface area contributed by atoms with Crippen LogP contribution in [0, 0.1) is 12.3 Å². The van der Waals surface area contributed by atoms with Gasteiger partial charge >= 0.3 is 18.0 Å². The van der Waals surface area contributed by atoms with Crippen molar-refractivity contribution in [2.75, 3.05) is 13.7 Å². The number of nitrogens with zero attached hydrogens (tertiary/aromatic N) is 1. The number of imide groups is 1. The minimum Gasteiger partial charge on any atom is -0.478 e. The van der Waals surface area contributed by atoms with Gasteiger partial charge in [0.2, 0.25) is 0 Å². The highest BCUT2D eigenvalue weighted by molar-refractivity contribution is 7.90. The topological polar surface area (TPSA) is 166 Å². The summed E-state index contributed by atoms with van der Waals surface area (Å²) in [4.78, 5) is 35.1. The largest absolute Gasteiger partial charge is 0.478 e. The number of carboxylic acids is 1. The van der Waals surface area contributed by atoms with E-state index in [0.717, 1.165) is 28.7 Å². The number of nitrogens with one attached hydrogen (secondary N) is 3. The fourth-order valence-electron chi connectivity index (χ4n) is 1.78. The number of methoxy groups -OCH3 is 1. The van der Waals surface area contributed by atoms with Crippen molar-refractivity contribution in [3.05, 3.63) is 15.8 Å². The van der Waals surface area contributed by atoms with Crippen molar-refractivity contribution >= 4 is 45.4 Å². The lowest BCUT2D eigenvalue weighted by atomic mass is 10.3. The molecule has 0 saturated heterocycles. The van der Waals surface area contributed by atoms with E-state index in [9.17, 15) is 22.8 Å². The number of rotatable bonds is 4. The number of aromatic carboxylic acids is 1. The molecule has 0 unspecified atom stereocenters. The molecule has 0 bridgehead atoms. The fourth-order valence-corrected chi connectivity index (χ4v) is 4.27. The zero-order valence-corrected chi connectivity index (χ0v) is 15.1. The number of sulfonamides is 1. The third-order valence-electron chi connectivity index (χ3n) is 2.86. The second-order valence-corrected chi connectivity index (χ2v) is 7.16. The Labute approximate surface area is 147 Å². The number of amides is 4. The Kier molecular flexibility index (Phi) is 6.47. The Morgan fingerprint density at radius 3 is 2.48 bits per heavy atom. The van der Waals surface area contributed by atoms with E-state index in [2.05, 4.69) is 4.74 Å². The zero-order valence-electron chi connectivity index (χ0n) is 13.4. The molecule has 13 heteroatoms. The average Bonchev–Trinajstić information content (AvgIpc) is 2.89. The summed E-state index contributed by atoms with van der Waals surface area (Å²) in [7, 11) is -3.37. The fraction of sp³-hybridized carbons (Fsp3) is 0.333. The second kappa shape index (κ2) is 7.94. The lowest BCUT2D eigenvalue weighted by Crippen LogP contribution is -2.50. The standard InChI is InChI=1S/C12H16N4O7S2/c1-4-16(10(13)23-3)12(20)14-11(19)15-25(21,22)8-6(2)24-5-7(8)9(17)18/h5,13H,4H2,1-3H3,(H,17,18)(H2,14,15,19,20). The first-order chi connectivity index (χ1) is 11.5. The Hall–Kier alpha value is -2.67. The molecular formula is C12H16N4O7S2. The van der Waals surface area contributed by atoms with Crippen molar-refractivity contribution in [1.29, 1.82) is 5.41 Å². The van der Waals surface area contributed by atoms with Gasteiger partial charge in [-0.3, -0.25) is 10.7 Å². The average molecular weight is 392 g/mol. The van der Waals surface area contributed by atoms with Crippen molar-refractivity contribution in [3.8, 4) is 0 Å². The summed E-state index contributed by atoms with van der Waals surface area (Å²) in [6, 6.07) is -3.02. The van der Waals surface area contributed by atoms with Gasteiger partial charge in [-0.1, -0.05) is 0 Å². The molecule has 0 radical (unpaired) electrons. The monoisotopic (exact) mass is 392 g/mol. The number of ether oxygens (including phenoxy) is 1. The zero-order chi connectivity index (χ0) is 19.4. The minimum atomic E-state index is -4.51. The van der Waals surface area contributed by atoms with Gasteiger partial charge in [-0.2, -0.15) is 0 Å². The lowest BCUT2D eigenvalue weighted by Gasteiger charge is -2.19. The summed E-state index contributed by atoms with van der Waals surface area (Å²) in [5.74, 6) is -1.47. The maximum Gasteiger partial charge on any atom is 0.337 e. The third-order valence-corrected chi connectivity index (χ3v) is 5.42. The summed E-state index contributed by atoms with van der Waals surface area (Å²) in [5.41, 5.74) is -0.481. The van der Waals surface area contributed by atoms with E-state index < -0.39 is 44.5 Å². The first-order valence-electron chi connectivity index (χ1n) is 6.64. The van der Waals surface area contributed by atoms with E-state index in [1.165, 1.54) is 13.8 Å². The molecule has 1 aromatic heterocycles. The molecule has 1 aromatic rings. The SMILES string of the molecule is CCN(C(=N)OC)C(=O)NC(=O)NS(=O)(=O)c1c(C(=O)O)csc1C. The van der Waals surface area contributed by atoms with Gasteiger partial charge in [-0.25, -0.2) is 32.4 Å². The van der Waals surface area contributed by atoms with Crippen LogP contribution in [0.2, 0.25) is 0 Å². The smallest absolute Gasteiger partial charge is 0.337 e. The molecule has 0 aliphatic carbocycles. The van der Waals surface area contributed by atoms with Gasteiger partial charge in [0.1, 0.15) is 4.90 Å². The number of hydrogen-bond donors (Lipinski definition) is 4. The van der Waals surface area contributed by atoms with Crippen LogP contribution in [0.1, 0.15) is 22.2 Å². The number of carbonyl (C=O) groups is 3. The number of thiophene rings is 1. The van der Waals surface area contributed by atoms with Crippen LogP contribution in [0.25, 0.3) is 0 Å². The molecule has 0 aromatic carbocycles. The molecule has 138 valence electrons. The van der Waals surface area contributed by atoms with Crippen LogP contribution in [0.15, 0.2) is 10.3 Å². The van der Waals surface area contributed by atoms with Gasteiger partial charge in [-0.15, -0.1) is 11.3 Å². The number of amidine groups is 1. The molecule has 1 rings (SSSR count). The Morgan fingerprint density at radius 1 is 1.40 bits per heavy atom. The van der Waals surface area contributed by atoms with Gasteiger partial charge in [0.15, 0.2) is 0 Å². The van der Waals surface area contributed by atoms with Crippen LogP contribution in [-0.4, -0.2) is 56.1 Å². The van der Waals surface area contributed by atoms with E-state index in [1.807, 2.05) is 0 Å². The van der Waals surface area contributed by atoms with Gasteiger partial charge in [-0.05, 0) is 13.8 Å². The quantitative estimate of drug-likeness (QED) is 0.433. The Morgan fingerprint density at radius 2 is 2.00 bits per heavy atom. The predicted molar refractivity (Wildman–Crippen MR) is 87.4 cm³/mol. The van der Waals surface area contributed by atoms with Crippen LogP contribution >= 0.6 is 11.3 Å². The molecular weight excluding hydrogens is 376 g/mol. The molecule has 0 atom stereocenters. The predicted octanol–water partition coefficient (Wildman–Crippen LogP) is 0.766. The molecule has 25 heavy (non-hydrogen) atoms. The van der Waals surface area contributed by atoms with Crippen molar-refractivity contribution in [2.45, 2.75) is 18.7 Å². The summed E-state index contributed by atoms with van der Waals surface area (Å²) in [6.45, 7) is 2.88. The van der Waals surface area contributed by atoms with E-state index >= 15 is 0 Å². The number of hydrogen-bond acceptors (Lipinski definition) is 8. The van der Waals surface area contributed by atoms with Crippen LogP contribution in [0.3, 0.4) is 0 Å². The number of carbonyl (C=O) groups excluding carboxylic acids is 2. The van der Waals surface area contributed by atoms with Crippen LogP contribution in [0.4, 0.5) is 9.59 Å². The highest BCUT2D eigenvalue weighted by atomic mass is 32.2. The van der Waals surface area contributed by atoms with Crippen molar-refractivity contribution < 1.29 is 32.6 Å². The van der Waals surface area contributed by atoms with E-state index in [0.29, 0.717) is 0 Å². The van der Waals surface area contributed by atoms with E-state index in [4.69, 9.17) is 10.5 Å². The first-order valence-corrected chi connectivity index (χ1v) is 9.00. The van der Waals surface area contributed by atoms with Crippen molar-refractivity contribution in [3.63, 3.8) is 0 Å². The summed E-state index contributed by atoms with van der Waals surface area (Å²) < 4.78 is 30.6. The Bertz CT molecular complexity index is 815. The third kappa shape index (κ3) is 4.67. The molecule has 4 amide bonds. The molecule has 0 fully saturated rings.